The van der Waals surface area contributed by atoms with Crippen molar-refractivity contribution in [2.45, 2.75) is 74.5 Å². The molecule has 36 heavy (non-hydrogen) atoms. The maximum Gasteiger partial charge on any atom is 0.191 e. The second-order valence-electron chi connectivity index (χ2n) is 7.99. The van der Waals surface area contributed by atoms with Crippen LogP contribution in [0.3, 0.4) is 0 Å². The normalized spacial score (nSPS) is 38.3. The minimum Gasteiger partial charge on any atom is -0.394 e. The number of nitrogens with one attached hydrogen (secondary N) is 1. The number of thioether (sulfide) groups is 1. The van der Waals surface area contributed by atoms with Crippen molar-refractivity contribution in [2.75, 3.05) is 24.1 Å². The van der Waals surface area contributed by atoms with Gasteiger partial charge in [-0.05, 0) is 36.8 Å². The van der Waals surface area contributed by atoms with Gasteiger partial charge in [0.25, 0.3) is 0 Å². The third-order valence-corrected chi connectivity index (χ3v) is 6.38. The molecule has 2 aliphatic rings. The molecule has 0 spiro atoms. The zero-order valence-electron chi connectivity index (χ0n) is 32.9. The SMILES string of the molecule is [2H]c1c([2H])c([C@@]2([2H])[C@H](Nc3nc(SC([2H])([2H])C([2H])([2H])C)nc4c3nnn4[C@@H]3C[C@H](OC([2H])([2H])C([2H])([2H])O)[C@@H](O)[C@H]3O)C2([2H])[2H])c([2H])c(F)c1C. The van der Waals surface area contributed by atoms with E-state index >= 15 is 0 Å². The number of halogens is 1. The molecule has 12 heteroatoms. The molecule has 3 aromatic rings. The second kappa shape index (κ2) is 10.5. The van der Waals surface area contributed by atoms with Gasteiger partial charge in [0.05, 0.1) is 34.9 Å². The summed E-state index contributed by atoms with van der Waals surface area (Å²) in [6, 6.07) is -5.36. The Morgan fingerprint density at radius 1 is 1.39 bits per heavy atom. The van der Waals surface area contributed by atoms with Gasteiger partial charge in [-0.3, -0.25) is 0 Å². The minimum atomic E-state index is -3.51. The standard InChI is InChI=1S/C24H31FN6O4S/c1-3-8-36-24-27-22(26-16-10-14(16)13-5-4-12(2)15(25)9-13)19-23(28-24)31(30-29-19)17-11-18(35-7-6-32)21(34)20(17)33/h4-5,9,14,16-18,20-21,32-34H,3,6-8,10-11H2,1-2H3,(H,26,27,28)/t14-,16+,17+,18-,20-,21+/m0/s1/i3D2,4D,5D,6D2,7D2,8D2,9D,10D2,14D. The topological polar surface area (TPSA) is 138 Å². The molecule has 0 amide bonds. The average molecular weight is 533 g/mol. The smallest absolute Gasteiger partial charge is 0.191 e. The van der Waals surface area contributed by atoms with E-state index in [1.807, 2.05) is 0 Å². The van der Waals surface area contributed by atoms with E-state index in [-0.39, 0.29) is 28.5 Å². The zero-order chi connectivity index (χ0) is 37.9. The monoisotopic (exact) mass is 532 g/mol. The molecule has 0 aliphatic heterocycles. The molecule has 2 heterocycles. The summed E-state index contributed by atoms with van der Waals surface area (Å²) in [6.07, 6.45) is -10.8. The third-order valence-electron chi connectivity index (χ3n) is 5.71. The number of nitrogens with zero attached hydrogens (tertiary/aromatic N) is 5. The maximum atomic E-state index is 14.9. The number of aliphatic hydroxyl groups is 3. The molecule has 2 aliphatic carbocycles. The molecule has 0 saturated heterocycles. The molecule has 10 nitrogen and oxygen atoms in total. The van der Waals surface area contributed by atoms with Crippen LogP contribution in [0.1, 0.15) is 68.3 Å². The number of benzene rings is 1. The first kappa shape index (κ1) is 13.4. The van der Waals surface area contributed by atoms with Crippen LogP contribution >= 0.6 is 11.8 Å². The molecule has 0 unspecified atom stereocenters. The Bertz CT molecular complexity index is 1820. The molecule has 6 atom stereocenters. The third kappa shape index (κ3) is 4.92. The van der Waals surface area contributed by atoms with Gasteiger partial charge in [-0.15, -0.1) is 5.10 Å². The van der Waals surface area contributed by atoms with Gasteiger partial charge in [-0.2, -0.15) is 0 Å². The Balaban J connectivity index is 1.60. The lowest BCUT2D eigenvalue weighted by Gasteiger charge is -2.17. The molecular weight excluding hydrogens is 487 g/mol. The summed E-state index contributed by atoms with van der Waals surface area (Å²) in [5, 5.41) is 41.1. The van der Waals surface area contributed by atoms with E-state index in [1.165, 1.54) is 6.92 Å². The molecule has 2 aromatic heterocycles. The molecule has 1 aromatic carbocycles. The van der Waals surface area contributed by atoms with Crippen LogP contribution in [0.25, 0.3) is 11.2 Å². The first-order valence-corrected chi connectivity index (χ1v) is 11.5. The van der Waals surface area contributed by atoms with E-state index in [9.17, 15) is 19.7 Å². The van der Waals surface area contributed by atoms with Gasteiger partial charge in [0.15, 0.2) is 22.1 Å². The van der Waals surface area contributed by atoms with Crippen molar-refractivity contribution in [3.8, 4) is 0 Å². The molecule has 2 saturated carbocycles. The van der Waals surface area contributed by atoms with E-state index in [4.69, 9.17) is 23.9 Å². The van der Waals surface area contributed by atoms with Crippen LogP contribution in [0, 0.1) is 12.7 Å². The van der Waals surface area contributed by atoms with Crippen molar-refractivity contribution in [3.63, 3.8) is 0 Å². The van der Waals surface area contributed by atoms with E-state index in [0.717, 1.165) is 11.6 Å². The summed E-state index contributed by atoms with van der Waals surface area (Å²) >= 11 is 0.200. The lowest BCUT2D eigenvalue weighted by atomic mass is 10.1. The fourth-order valence-electron chi connectivity index (χ4n) is 3.86. The number of hydrogen-bond donors (Lipinski definition) is 4. The number of rotatable bonds is 10. The van der Waals surface area contributed by atoms with Crippen LogP contribution < -0.4 is 5.32 Å². The van der Waals surface area contributed by atoms with Crippen molar-refractivity contribution in [1.82, 2.24) is 25.0 Å². The van der Waals surface area contributed by atoms with Crippen LogP contribution in [-0.4, -0.2) is 83.5 Å². The van der Waals surface area contributed by atoms with E-state index in [0.29, 0.717) is 0 Å². The van der Waals surface area contributed by atoms with Gasteiger partial charge in [0.2, 0.25) is 0 Å². The van der Waals surface area contributed by atoms with Crippen LogP contribution in [0.2, 0.25) is 0 Å². The van der Waals surface area contributed by atoms with Gasteiger partial charge in [-0.1, -0.05) is 36.0 Å². The number of fused-ring (bicyclic) bond motifs is 1. The summed E-state index contributed by atoms with van der Waals surface area (Å²) < 4.78 is 134. The van der Waals surface area contributed by atoms with Crippen molar-refractivity contribution < 1.29 is 43.6 Å². The van der Waals surface area contributed by atoms with Gasteiger partial charge >= 0.3 is 0 Å². The number of anilines is 1. The number of hydrogen-bond acceptors (Lipinski definition) is 10. The molecular formula is C24H31FN6O4S. The number of aromatic nitrogens is 5. The quantitative estimate of drug-likeness (QED) is 0.227. The Labute approximate surface area is 232 Å². The van der Waals surface area contributed by atoms with Gasteiger partial charge in [0, 0.05) is 33.7 Å². The number of aliphatic hydroxyl groups excluding tert-OH is 2. The predicted molar refractivity (Wildman–Crippen MR) is 133 cm³/mol. The van der Waals surface area contributed by atoms with Crippen molar-refractivity contribution in [2.24, 2.45) is 0 Å². The van der Waals surface area contributed by atoms with E-state index in [2.05, 4.69) is 25.6 Å². The molecule has 4 N–H and O–H groups in total. The van der Waals surface area contributed by atoms with Crippen LogP contribution in [0.5, 0.6) is 0 Å². The lowest BCUT2D eigenvalue weighted by Crippen LogP contribution is -2.33. The van der Waals surface area contributed by atoms with E-state index in [1.54, 1.807) is 0 Å². The largest absolute Gasteiger partial charge is 0.394 e. The molecule has 194 valence electrons. The van der Waals surface area contributed by atoms with Crippen LogP contribution in [0.4, 0.5) is 10.2 Å². The number of ether oxygens (including phenoxy) is 1. The second-order valence-corrected chi connectivity index (χ2v) is 8.77. The van der Waals surface area contributed by atoms with Gasteiger partial charge in [0.1, 0.15) is 18.0 Å². The summed E-state index contributed by atoms with van der Waals surface area (Å²) in [4.78, 5) is 8.39. The van der Waals surface area contributed by atoms with E-state index < -0.39 is 115 Å². The highest BCUT2D eigenvalue weighted by molar-refractivity contribution is 7.99. The summed E-state index contributed by atoms with van der Waals surface area (Å²) in [6.45, 7) is -4.72. The van der Waals surface area contributed by atoms with Crippen LogP contribution in [0.15, 0.2) is 23.3 Å². The maximum absolute atomic E-state index is 14.9. The fraction of sp³-hybridized carbons (Fsp3) is 0.583. The molecule has 2 fully saturated rings. The highest BCUT2D eigenvalue weighted by Gasteiger charge is 2.45. The zero-order valence-corrected chi connectivity index (χ0v) is 19.7. The highest BCUT2D eigenvalue weighted by Crippen LogP contribution is 2.44. The summed E-state index contributed by atoms with van der Waals surface area (Å²) in [7, 11) is 0. The predicted octanol–water partition coefficient (Wildman–Crippen LogP) is 2.18. The first-order valence-electron chi connectivity index (χ1n) is 17.7. The van der Waals surface area contributed by atoms with Crippen molar-refractivity contribution >= 4 is 28.7 Å². The molecule has 0 radical (unpaired) electrons. The fourth-order valence-corrected chi connectivity index (χ4v) is 4.32. The van der Waals surface area contributed by atoms with Gasteiger partial charge < -0.3 is 25.4 Å². The van der Waals surface area contributed by atoms with Crippen LogP contribution in [-0.2, 0) is 4.74 Å². The first-order chi connectivity index (χ1) is 22.6. The highest BCUT2D eigenvalue weighted by atomic mass is 32.2. The summed E-state index contributed by atoms with van der Waals surface area (Å²) in [5.41, 5.74) is -4.35. The Hall–Kier alpha value is -2.38. The Kier molecular flexibility index (Phi) is 3.93. The summed E-state index contributed by atoms with van der Waals surface area (Å²) in [5.74, 6) is -4.16. The minimum absolute atomic E-state index is 0.200. The Morgan fingerprint density at radius 3 is 3.00 bits per heavy atom. The van der Waals surface area contributed by atoms with Crippen molar-refractivity contribution in [1.29, 1.82) is 0 Å². The molecule has 0 bridgehead atoms. The Morgan fingerprint density at radius 2 is 2.22 bits per heavy atom. The lowest BCUT2D eigenvalue weighted by molar-refractivity contribution is -0.0629. The van der Waals surface area contributed by atoms with Gasteiger partial charge in [-0.25, -0.2) is 19.0 Å². The average Bonchev–Trinajstić information content (AvgIpc) is 3.28. The molecule has 5 rings (SSSR count). The van der Waals surface area contributed by atoms with Crippen molar-refractivity contribution in [3.05, 3.63) is 35.1 Å².